The zero-order chi connectivity index (χ0) is 14.4. The van der Waals surface area contributed by atoms with Crippen molar-refractivity contribution in [3.05, 3.63) is 29.3 Å². The van der Waals surface area contributed by atoms with Gasteiger partial charge < -0.3 is 19.6 Å². The number of methoxy groups -OCH3 is 1. The summed E-state index contributed by atoms with van der Waals surface area (Å²) in [5, 5.41) is 10.4. The molecule has 1 N–H and O–H groups in total. The van der Waals surface area contributed by atoms with Crippen LogP contribution in [0, 0.1) is 6.92 Å². The van der Waals surface area contributed by atoms with Crippen LogP contribution in [0.4, 0.5) is 0 Å². The Hall–Kier alpha value is -1.10. The van der Waals surface area contributed by atoms with Crippen molar-refractivity contribution in [1.82, 2.24) is 9.80 Å². The lowest BCUT2D eigenvalue weighted by molar-refractivity contribution is 0.120. The molecule has 0 heterocycles. The van der Waals surface area contributed by atoms with Gasteiger partial charge in [-0.15, -0.1) is 0 Å². The molecule has 0 saturated carbocycles. The summed E-state index contributed by atoms with van der Waals surface area (Å²) in [7, 11) is 7.76. The Morgan fingerprint density at radius 2 is 1.89 bits per heavy atom. The molecule has 1 rings (SSSR count). The van der Waals surface area contributed by atoms with Gasteiger partial charge in [-0.3, -0.25) is 0 Å². The zero-order valence-electron chi connectivity index (χ0n) is 12.7. The van der Waals surface area contributed by atoms with Crippen molar-refractivity contribution in [3.63, 3.8) is 0 Å². The molecule has 1 aromatic rings. The summed E-state index contributed by atoms with van der Waals surface area (Å²) in [6.07, 6.45) is -0.526. The molecule has 4 nitrogen and oxygen atoms in total. The monoisotopic (exact) mass is 266 g/mol. The van der Waals surface area contributed by atoms with Crippen LogP contribution >= 0.6 is 0 Å². The van der Waals surface area contributed by atoms with Crippen LogP contribution in [0.3, 0.4) is 0 Å². The summed E-state index contributed by atoms with van der Waals surface area (Å²) in [5.41, 5.74) is 1.99. The van der Waals surface area contributed by atoms with Gasteiger partial charge in [0, 0.05) is 25.2 Å². The molecular weight excluding hydrogens is 240 g/mol. The van der Waals surface area contributed by atoms with Crippen LogP contribution < -0.4 is 4.74 Å². The fraction of sp³-hybridized carbons (Fsp3) is 0.600. The number of nitrogens with zero attached hydrogens (tertiary/aromatic N) is 2. The first-order chi connectivity index (χ1) is 8.93. The van der Waals surface area contributed by atoms with E-state index in [9.17, 15) is 5.11 Å². The minimum atomic E-state index is -0.526. The highest BCUT2D eigenvalue weighted by Gasteiger charge is 2.15. The summed E-state index contributed by atoms with van der Waals surface area (Å²) in [5.74, 6) is 0.749. The summed E-state index contributed by atoms with van der Waals surface area (Å²) >= 11 is 0. The third kappa shape index (κ3) is 5.19. The summed E-state index contributed by atoms with van der Waals surface area (Å²) < 4.78 is 5.31. The van der Waals surface area contributed by atoms with Crippen molar-refractivity contribution in [2.45, 2.75) is 13.0 Å². The SMILES string of the molecule is COc1ccc(C)cc1C(O)CN(C)CCN(C)C. The van der Waals surface area contributed by atoms with E-state index in [0.29, 0.717) is 6.54 Å². The van der Waals surface area contributed by atoms with Gasteiger partial charge in [0.1, 0.15) is 5.75 Å². The Kier molecular flexibility index (Phi) is 6.28. The van der Waals surface area contributed by atoms with E-state index in [1.807, 2.05) is 46.3 Å². The van der Waals surface area contributed by atoms with Crippen LogP contribution in [0.1, 0.15) is 17.2 Å². The molecule has 0 aromatic heterocycles. The fourth-order valence-electron chi connectivity index (χ4n) is 1.97. The Morgan fingerprint density at radius 1 is 1.21 bits per heavy atom. The second-order valence-electron chi connectivity index (χ2n) is 5.33. The van der Waals surface area contributed by atoms with Gasteiger partial charge in [0.2, 0.25) is 0 Å². The van der Waals surface area contributed by atoms with Crippen LogP contribution in [0.5, 0.6) is 5.75 Å². The maximum Gasteiger partial charge on any atom is 0.124 e. The van der Waals surface area contributed by atoms with E-state index < -0.39 is 6.10 Å². The Labute approximate surface area is 116 Å². The predicted molar refractivity (Wildman–Crippen MR) is 78.7 cm³/mol. The quantitative estimate of drug-likeness (QED) is 0.812. The van der Waals surface area contributed by atoms with E-state index in [-0.39, 0.29) is 0 Å². The van der Waals surface area contributed by atoms with E-state index in [4.69, 9.17) is 4.74 Å². The van der Waals surface area contributed by atoms with Crippen LogP contribution in [-0.4, -0.2) is 62.8 Å². The maximum atomic E-state index is 10.4. The van der Waals surface area contributed by atoms with Gasteiger partial charge in [-0.25, -0.2) is 0 Å². The molecule has 108 valence electrons. The Morgan fingerprint density at radius 3 is 2.47 bits per heavy atom. The average Bonchev–Trinajstić information content (AvgIpc) is 2.36. The molecule has 0 bridgehead atoms. The topological polar surface area (TPSA) is 35.9 Å². The van der Waals surface area contributed by atoms with Gasteiger partial charge in [-0.05, 0) is 40.2 Å². The van der Waals surface area contributed by atoms with Crippen molar-refractivity contribution in [2.24, 2.45) is 0 Å². The lowest BCUT2D eigenvalue weighted by atomic mass is 10.0. The molecule has 0 radical (unpaired) electrons. The lowest BCUT2D eigenvalue weighted by Crippen LogP contribution is -2.31. The summed E-state index contributed by atoms with van der Waals surface area (Å²) in [6.45, 7) is 4.53. The second-order valence-corrected chi connectivity index (χ2v) is 5.33. The molecule has 19 heavy (non-hydrogen) atoms. The summed E-state index contributed by atoms with van der Waals surface area (Å²) in [6, 6.07) is 5.89. The third-order valence-corrected chi connectivity index (χ3v) is 3.16. The molecule has 1 atom stereocenters. The average molecular weight is 266 g/mol. The van der Waals surface area contributed by atoms with Gasteiger partial charge >= 0.3 is 0 Å². The van der Waals surface area contributed by atoms with Gasteiger partial charge in [0.05, 0.1) is 13.2 Å². The van der Waals surface area contributed by atoms with Gasteiger partial charge in [0.25, 0.3) is 0 Å². The first-order valence-corrected chi connectivity index (χ1v) is 6.60. The molecule has 0 aliphatic carbocycles. The fourth-order valence-corrected chi connectivity index (χ4v) is 1.97. The zero-order valence-corrected chi connectivity index (χ0v) is 12.7. The van der Waals surface area contributed by atoms with E-state index in [1.165, 1.54) is 0 Å². The normalized spacial score (nSPS) is 13.1. The number of benzene rings is 1. The highest BCUT2D eigenvalue weighted by atomic mass is 16.5. The largest absolute Gasteiger partial charge is 0.496 e. The van der Waals surface area contributed by atoms with Crippen LogP contribution in [0.25, 0.3) is 0 Å². The minimum absolute atomic E-state index is 0.526. The Bertz CT molecular complexity index is 394. The minimum Gasteiger partial charge on any atom is -0.496 e. The summed E-state index contributed by atoms with van der Waals surface area (Å²) in [4.78, 5) is 4.27. The first-order valence-electron chi connectivity index (χ1n) is 6.60. The first kappa shape index (κ1) is 16.0. The molecule has 0 aliphatic rings. The molecule has 0 fully saturated rings. The van der Waals surface area contributed by atoms with Crippen LogP contribution in [-0.2, 0) is 0 Å². The lowest BCUT2D eigenvalue weighted by Gasteiger charge is -2.23. The van der Waals surface area contributed by atoms with Gasteiger partial charge in [-0.1, -0.05) is 11.6 Å². The maximum absolute atomic E-state index is 10.4. The van der Waals surface area contributed by atoms with E-state index in [0.717, 1.165) is 30.0 Å². The number of hydrogen-bond acceptors (Lipinski definition) is 4. The van der Waals surface area contributed by atoms with Crippen LogP contribution in [0.2, 0.25) is 0 Å². The van der Waals surface area contributed by atoms with Crippen LogP contribution in [0.15, 0.2) is 18.2 Å². The molecule has 0 spiro atoms. The molecule has 0 saturated heterocycles. The number of likely N-dealkylation sites (N-methyl/N-ethyl adjacent to an activating group) is 2. The molecule has 0 aliphatic heterocycles. The highest BCUT2D eigenvalue weighted by Crippen LogP contribution is 2.26. The van der Waals surface area contributed by atoms with E-state index in [1.54, 1.807) is 7.11 Å². The molecule has 1 aromatic carbocycles. The Balaban J connectivity index is 2.66. The number of ether oxygens (including phenoxy) is 1. The molecule has 1 unspecified atom stereocenters. The van der Waals surface area contributed by atoms with Crippen molar-refractivity contribution in [1.29, 1.82) is 0 Å². The van der Waals surface area contributed by atoms with Crippen molar-refractivity contribution in [3.8, 4) is 5.75 Å². The van der Waals surface area contributed by atoms with Crippen molar-refractivity contribution < 1.29 is 9.84 Å². The van der Waals surface area contributed by atoms with E-state index >= 15 is 0 Å². The standard InChI is InChI=1S/C15H26N2O2/c1-12-6-7-15(19-5)13(10-12)14(18)11-17(4)9-8-16(2)3/h6-7,10,14,18H,8-9,11H2,1-5H3. The number of aryl methyl sites for hydroxylation is 1. The molecular formula is C15H26N2O2. The molecule has 4 heteroatoms. The third-order valence-electron chi connectivity index (χ3n) is 3.16. The van der Waals surface area contributed by atoms with Gasteiger partial charge in [0.15, 0.2) is 0 Å². The predicted octanol–water partition coefficient (Wildman–Crippen LogP) is 1.53. The highest BCUT2D eigenvalue weighted by molar-refractivity contribution is 5.38. The van der Waals surface area contributed by atoms with Crippen molar-refractivity contribution in [2.75, 3.05) is 47.9 Å². The van der Waals surface area contributed by atoms with E-state index in [2.05, 4.69) is 9.80 Å². The number of hydrogen-bond donors (Lipinski definition) is 1. The van der Waals surface area contributed by atoms with Crippen molar-refractivity contribution >= 4 is 0 Å². The number of aliphatic hydroxyl groups is 1. The van der Waals surface area contributed by atoms with Gasteiger partial charge in [-0.2, -0.15) is 0 Å². The second kappa shape index (κ2) is 7.48. The molecule has 0 amide bonds. The number of aliphatic hydroxyl groups excluding tert-OH is 1. The smallest absolute Gasteiger partial charge is 0.124 e. The number of rotatable bonds is 7.